The van der Waals surface area contributed by atoms with E-state index in [9.17, 15) is 4.79 Å². The zero-order chi connectivity index (χ0) is 14.5. The largest absolute Gasteiger partial charge is 0.389 e. The van der Waals surface area contributed by atoms with Gasteiger partial charge in [-0.25, -0.2) is 0 Å². The van der Waals surface area contributed by atoms with Crippen molar-refractivity contribution in [3.8, 4) is 0 Å². The Morgan fingerprint density at radius 1 is 1.30 bits per heavy atom. The highest BCUT2D eigenvalue weighted by Crippen LogP contribution is 2.14. The van der Waals surface area contributed by atoms with Gasteiger partial charge in [-0.1, -0.05) is 30.4 Å². The van der Waals surface area contributed by atoms with Crippen molar-refractivity contribution in [1.82, 2.24) is 4.57 Å². The maximum absolute atomic E-state index is 11.6. The Hall–Kier alpha value is -2.14. The number of likely N-dealkylation sites (N-methyl/N-ethyl adjacent to an activating group) is 1. The molecular weight excluding hydrogens is 270 g/mol. The van der Waals surface area contributed by atoms with Gasteiger partial charge in [0.05, 0.1) is 0 Å². The molecule has 5 heteroatoms. The van der Waals surface area contributed by atoms with Crippen LogP contribution in [0.4, 0.5) is 5.69 Å². The van der Waals surface area contributed by atoms with Crippen LogP contribution >= 0.6 is 12.2 Å². The third-order valence-electron chi connectivity index (χ3n) is 3.15. The van der Waals surface area contributed by atoms with Crippen molar-refractivity contribution in [3.63, 3.8) is 0 Å². The van der Waals surface area contributed by atoms with Gasteiger partial charge in [-0.15, -0.1) is 0 Å². The average molecular weight is 287 g/mol. The highest BCUT2D eigenvalue weighted by atomic mass is 32.1. The Bertz CT molecular complexity index is 666. The van der Waals surface area contributed by atoms with Crippen LogP contribution in [0, 0.1) is 0 Å². The molecule has 0 unspecified atom stereocenters. The van der Waals surface area contributed by atoms with Gasteiger partial charge in [-0.05, 0) is 18.2 Å². The van der Waals surface area contributed by atoms with Gasteiger partial charge in [0.15, 0.2) is 0 Å². The molecule has 0 saturated heterocycles. The number of benzene rings is 1. The summed E-state index contributed by atoms with van der Waals surface area (Å²) < 4.78 is 1.69. The summed E-state index contributed by atoms with van der Waals surface area (Å²) in [6.45, 7) is 1.36. The molecule has 0 spiro atoms. The topological polar surface area (TPSA) is 51.3 Å². The zero-order valence-corrected chi connectivity index (χ0v) is 12.1. The fraction of sp³-hybridized carbons (Fsp3) is 0.200. The Morgan fingerprint density at radius 3 is 2.80 bits per heavy atom. The van der Waals surface area contributed by atoms with Crippen molar-refractivity contribution in [1.29, 1.82) is 0 Å². The molecule has 2 N–H and O–H groups in total. The van der Waals surface area contributed by atoms with E-state index in [4.69, 9.17) is 18.0 Å². The fourth-order valence-electron chi connectivity index (χ4n) is 1.93. The summed E-state index contributed by atoms with van der Waals surface area (Å²) in [6.07, 6.45) is 1.79. The van der Waals surface area contributed by atoms with Crippen LogP contribution in [-0.4, -0.2) is 23.1 Å². The summed E-state index contributed by atoms with van der Waals surface area (Å²) in [7, 11) is 1.98. The van der Waals surface area contributed by atoms with E-state index in [0.29, 0.717) is 11.5 Å². The summed E-state index contributed by atoms with van der Waals surface area (Å²) in [4.78, 5) is 14.1. The van der Waals surface area contributed by atoms with E-state index in [1.807, 2.05) is 37.4 Å². The van der Waals surface area contributed by atoms with Crippen molar-refractivity contribution in [2.24, 2.45) is 5.73 Å². The SMILES string of the molecule is CN(CCn1ccccc1=O)c1cccc(C(N)=S)c1. The molecule has 0 amide bonds. The van der Waals surface area contributed by atoms with Crippen molar-refractivity contribution in [2.45, 2.75) is 6.54 Å². The number of aromatic nitrogens is 1. The summed E-state index contributed by atoms with van der Waals surface area (Å²) in [5.74, 6) is 0. The first kappa shape index (κ1) is 14.3. The van der Waals surface area contributed by atoms with E-state index in [1.165, 1.54) is 0 Å². The van der Waals surface area contributed by atoms with Crippen LogP contribution in [0.3, 0.4) is 0 Å². The van der Waals surface area contributed by atoms with Crippen LogP contribution in [-0.2, 0) is 6.54 Å². The lowest BCUT2D eigenvalue weighted by atomic mass is 10.2. The maximum atomic E-state index is 11.6. The van der Waals surface area contributed by atoms with Crippen molar-refractivity contribution in [3.05, 3.63) is 64.6 Å². The average Bonchev–Trinajstić information content (AvgIpc) is 2.46. The van der Waals surface area contributed by atoms with Crippen LogP contribution in [0.15, 0.2) is 53.5 Å². The number of nitrogens with zero attached hydrogens (tertiary/aromatic N) is 2. The quantitative estimate of drug-likeness (QED) is 0.849. The van der Waals surface area contributed by atoms with Gasteiger partial charge in [0.25, 0.3) is 5.56 Å². The molecule has 1 aromatic carbocycles. The molecule has 2 rings (SSSR count). The lowest BCUT2D eigenvalue weighted by Crippen LogP contribution is -2.27. The number of thiocarbonyl (C=S) groups is 1. The molecule has 0 aliphatic carbocycles. The van der Waals surface area contributed by atoms with E-state index in [1.54, 1.807) is 22.9 Å². The standard InChI is InChI=1S/C15H17N3OS/c1-17(9-10-18-8-3-2-7-14(18)19)13-6-4-5-12(11-13)15(16)20/h2-8,11H,9-10H2,1H3,(H2,16,20). The first-order chi connectivity index (χ1) is 9.58. The lowest BCUT2D eigenvalue weighted by Gasteiger charge is -2.20. The smallest absolute Gasteiger partial charge is 0.250 e. The Balaban J connectivity index is 2.07. The molecule has 0 aliphatic rings. The van der Waals surface area contributed by atoms with Crippen LogP contribution in [0.2, 0.25) is 0 Å². The third-order valence-corrected chi connectivity index (χ3v) is 3.38. The number of anilines is 1. The van der Waals surface area contributed by atoms with Crippen molar-refractivity contribution < 1.29 is 0 Å². The van der Waals surface area contributed by atoms with Crippen LogP contribution in [0.5, 0.6) is 0 Å². The molecule has 1 heterocycles. The fourth-order valence-corrected chi connectivity index (χ4v) is 2.06. The molecule has 0 fully saturated rings. The van der Waals surface area contributed by atoms with Gasteiger partial charge in [0.1, 0.15) is 4.99 Å². The summed E-state index contributed by atoms with van der Waals surface area (Å²) in [6, 6.07) is 12.9. The maximum Gasteiger partial charge on any atom is 0.250 e. The lowest BCUT2D eigenvalue weighted by molar-refractivity contribution is 0.661. The first-order valence-electron chi connectivity index (χ1n) is 6.34. The predicted molar refractivity (Wildman–Crippen MR) is 86.3 cm³/mol. The number of nitrogens with two attached hydrogens (primary N) is 1. The molecule has 0 bridgehead atoms. The predicted octanol–water partition coefficient (Wildman–Crippen LogP) is 1.62. The van der Waals surface area contributed by atoms with Gasteiger partial charge >= 0.3 is 0 Å². The summed E-state index contributed by atoms with van der Waals surface area (Å²) in [5, 5.41) is 0. The third kappa shape index (κ3) is 3.45. The molecule has 0 saturated carbocycles. The summed E-state index contributed by atoms with van der Waals surface area (Å²) in [5.41, 5.74) is 7.52. The monoisotopic (exact) mass is 287 g/mol. The highest BCUT2D eigenvalue weighted by Gasteiger charge is 2.04. The van der Waals surface area contributed by atoms with Crippen LogP contribution < -0.4 is 16.2 Å². The summed E-state index contributed by atoms with van der Waals surface area (Å²) >= 11 is 4.98. The number of hydrogen-bond donors (Lipinski definition) is 1. The van der Waals surface area contributed by atoms with Gasteiger partial charge in [-0.2, -0.15) is 0 Å². The number of hydrogen-bond acceptors (Lipinski definition) is 3. The Labute approximate surface area is 123 Å². The van der Waals surface area contributed by atoms with E-state index in [2.05, 4.69) is 4.90 Å². The van der Waals surface area contributed by atoms with Gasteiger partial charge in [0, 0.05) is 43.7 Å². The molecule has 1 aromatic heterocycles. The molecule has 20 heavy (non-hydrogen) atoms. The van der Waals surface area contributed by atoms with Crippen molar-refractivity contribution in [2.75, 3.05) is 18.5 Å². The molecule has 0 atom stereocenters. The van der Waals surface area contributed by atoms with E-state index in [0.717, 1.165) is 17.8 Å². The first-order valence-corrected chi connectivity index (χ1v) is 6.75. The second kappa shape index (κ2) is 6.34. The second-order valence-corrected chi connectivity index (χ2v) is 5.01. The molecule has 0 radical (unpaired) electrons. The zero-order valence-electron chi connectivity index (χ0n) is 11.3. The second-order valence-electron chi connectivity index (χ2n) is 4.57. The van der Waals surface area contributed by atoms with Crippen LogP contribution in [0.25, 0.3) is 0 Å². The minimum Gasteiger partial charge on any atom is -0.389 e. The van der Waals surface area contributed by atoms with Crippen molar-refractivity contribution >= 4 is 22.9 Å². The molecule has 0 aliphatic heterocycles. The molecule has 2 aromatic rings. The number of pyridine rings is 1. The minimum atomic E-state index is 0.0118. The molecule has 4 nitrogen and oxygen atoms in total. The Morgan fingerprint density at radius 2 is 2.10 bits per heavy atom. The normalized spacial score (nSPS) is 10.2. The van der Waals surface area contributed by atoms with E-state index < -0.39 is 0 Å². The Kier molecular flexibility index (Phi) is 4.53. The van der Waals surface area contributed by atoms with Gasteiger partial charge < -0.3 is 15.2 Å². The van der Waals surface area contributed by atoms with E-state index >= 15 is 0 Å². The highest BCUT2D eigenvalue weighted by molar-refractivity contribution is 7.80. The van der Waals surface area contributed by atoms with Crippen LogP contribution in [0.1, 0.15) is 5.56 Å². The van der Waals surface area contributed by atoms with Gasteiger partial charge in [0.2, 0.25) is 0 Å². The molecular formula is C15H17N3OS. The van der Waals surface area contributed by atoms with Gasteiger partial charge in [-0.3, -0.25) is 4.79 Å². The molecule has 104 valence electrons. The number of rotatable bonds is 5. The van der Waals surface area contributed by atoms with E-state index in [-0.39, 0.29) is 5.56 Å². The minimum absolute atomic E-state index is 0.0118.